The summed E-state index contributed by atoms with van der Waals surface area (Å²) in [5, 5.41) is 0. The van der Waals surface area contributed by atoms with Crippen LogP contribution in [0.3, 0.4) is 0 Å². The van der Waals surface area contributed by atoms with Crippen LogP contribution in [0.4, 0.5) is 0 Å². The second-order valence-electron chi connectivity index (χ2n) is 3.60. The maximum atomic E-state index is 5.59. The smallest absolute Gasteiger partial charge is 0.409 e. The Morgan fingerprint density at radius 2 is 1.54 bits per heavy atom. The van der Waals surface area contributed by atoms with E-state index in [-0.39, 0.29) is 19.3 Å². The molecule has 2 nitrogen and oxygen atoms in total. The molecule has 0 aliphatic carbocycles. The highest BCUT2D eigenvalue weighted by atomic mass is 16.6. The van der Waals surface area contributed by atoms with Gasteiger partial charge in [0.15, 0.2) is 0 Å². The van der Waals surface area contributed by atoms with Gasteiger partial charge in [0.05, 0.1) is 0 Å². The lowest BCUT2D eigenvalue weighted by molar-refractivity contribution is 0.132. The van der Waals surface area contributed by atoms with Crippen LogP contribution in [0.15, 0.2) is 12.2 Å². The van der Waals surface area contributed by atoms with Crippen LogP contribution in [0.25, 0.3) is 0 Å². The molecule has 0 atom stereocenters. The predicted octanol–water partition coefficient (Wildman–Crippen LogP) is 2.90. The summed E-state index contributed by atoms with van der Waals surface area (Å²) in [6, 6.07) is 0. The van der Waals surface area contributed by atoms with Gasteiger partial charge < -0.3 is 9.31 Å². The SMILES string of the molecule is C/C=C\CB(OC(C)C)OC(C)C. The van der Waals surface area contributed by atoms with Gasteiger partial charge in [-0.05, 0) is 34.6 Å². The molecular weight excluding hydrogens is 163 g/mol. The largest absolute Gasteiger partial charge is 0.461 e. The van der Waals surface area contributed by atoms with E-state index < -0.39 is 0 Å². The van der Waals surface area contributed by atoms with E-state index in [1.54, 1.807) is 0 Å². The first-order chi connectivity index (χ1) is 6.06. The Balaban J connectivity index is 3.87. The van der Waals surface area contributed by atoms with Crippen molar-refractivity contribution >= 4 is 7.12 Å². The third-order valence-corrected chi connectivity index (χ3v) is 1.41. The Kier molecular flexibility index (Phi) is 7.01. The van der Waals surface area contributed by atoms with Crippen LogP contribution in [0, 0.1) is 0 Å². The molecule has 0 radical (unpaired) electrons. The van der Waals surface area contributed by atoms with E-state index in [9.17, 15) is 0 Å². The Bertz CT molecular complexity index is 134. The average Bonchev–Trinajstić information content (AvgIpc) is 1.98. The van der Waals surface area contributed by atoms with Gasteiger partial charge in [-0.25, -0.2) is 0 Å². The summed E-state index contributed by atoms with van der Waals surface area (Å²) in [6.45, 7) is 10.1. The third-order valence-electron chi connectivity index (χ3n) is 1.41. The molecule has 0 saturated heterocycles. The van der Waals surface area contributed by atoms with Crippen LogP contribution >= 0.6 is 0 Å². The van der Waals surface area contributed by atoms with E-state index in [4.69, 9.17) is 9.31 Å². The summed E-state index contributed by atoms with van der Waals surface area (Å²) in [5.74, 6) is 0. The summed E-state index contributed by atoms with van der Waals surface area (Å²) in [4.78, 5) is 0. The monoisotopic (exact) mass is 184 g/mol. The maximum absolute atomic E-state index is 5.59. The third kappa shape index (κ3) is 8.07. The standard InChI is InChI=1S/C10H21BO2/c1-6-7-8-11(12-9(2)3)13-10(4)5/h6-7,9-10H,8H2,1-5H3/b7-6-. The fourth-order valence-electron chi connectivity index (χ4n) is 0.998. The topological polar surface area (TPSA) is 18.5 Å². The van der Waals surface area contributed by atoms with Crippen LogP contribution in [-0.4, -0.2) is 19.3 Å². The van der Waals surface area contributed by atoms with Gasteiger partial charge in [-0.2, -0.15) is 0 Å². The van der Waals surface area contributed by atoms with E-state index in [2.05, 4.69) is 6.08 Å². The minimum atomic E-state index is -0.101. The highest BCUT2D eigenvalue weighted by Crippen LogP contribution is 2.05. The molecule has 0 rings (SSSR count). The first-order valence-electron chi connectivity index (χ1n) is 4.98. The molecule has 0 aromatic heterocycles. The van der Waals surface area contributed by atoms with E-state index in [1.165, 1.54) is 0 Å². The van der Waals surface area contributed by atoms with Gasteiger partial charge in [0.2, 0.25) is 0 Å². The summed E-state index contributed by atoms with van der Waals surface area (Å²) in [5.41, 5.74) is 0. The van der Waals surface area contributed by atoms with Gasteiger partial charge in [-0.1, -0.05) is 12.2 Å². The minimum absolute atomic E-state index is 0.101. The lowest BCUT2D eigenvalue weighted by atomic mass is 9.83. The lowest BCUT2D eigenvalue weighted by Crippen LogP contribution is -2.28. The molecule has 0 heterocycles. The molecule has 0 aliphatic heterocycles. The van der Waals surface area contributed by atoms with Crippen molar-refractivity contribution in [1.82, 2.24) is 0 Å². The fraction of sp³-hybridized carbons (Fsp3) is 0.800. The second kappa shape index (κ2) is 7.16. The molecule has 0 N–H and O–H groups in total. The van der Waals surface area contributed by atoms with Crippen molar-refractivity contribution in [2.45, 2.75) is 53.1 Å². The van der Waals surface area contributed by atoms with Crippen LogP contribution in [0.1, 0.15) is 34.6 Å². The molecule has 3 heteroatoms. The van der Waals surface area contributed by atoms with Crippen molar-refractivity contribution in [2.24, 2.45) is 0 Å². The first-order valence-corrected chi connectivity index (χ1v) is 4.98. The molecule has 0 bridgehead atoms. The molecule has 76 valence electrons. The molecule has 13 heavy (non-hydrogen) atoms. The highest BCUT2D eigenvalue weighted by molar-refractivity contribution is 6.45. The van der Waals surface area contributed by atoms with E-state index in [0.29, 0.717) is 0 Å². The first kappa shape index (κ1) is 12.7. The number of rotatable bonds is 6. The fourth-order valence-corrected chi connectivity index (χ4v) is 0.998. The summed E-state index contributed by atoms with van der Waals surface area (Å²) in [7, 11) is -0.101. The molecular formula is C10H21BO2. The van der Waals surface area contributed by atoms with Gasteiger partial charge in [0, 0.05) is 18.5 Å². The molecule has 0 aliphatic rings. The number of hydrogen-bond acceptors (Lipinski definition) is 2. The maximum Gasteiger partial charge on any atom is 0.461 e. The Morgan fingerprint density at radius 1 is 1.08 bits per heavy atom. The molecule has 0 aromatic rings. The quantitative estimate of drug-likeness (QED) is 0.466. The van der Waals surface area contributed by atoms with Crippen LogP contribution in [0.5, 0.6) is 0 Å². The molecule has 0 aromatic carbocycles. The van der Waals surface area contributed by atoms with Crippen LogP contribution < -0.4 is 0 Å². The van der Waals surface area contributed by atoms with E-state index >= 15 is 0 Å². The molecule has 0 saturated carbocycles. The zero-order valence-electron chi connectivity index (χ0n) is 9.41. The average molecular weight is 184 g/mol. The second-order valence-corrected chi connectivity index (χ2v) is 3.60. The molecule has 0 fully saturated rings. The Hall–Kier alpha value is -0.275. The molecule has 0 spiro atoms. The van der Waals surface area contributed by atoms with Gasteiger partial charge in [0.25, 0.3) is 0 Å². The summed E-state index contributed by atoms with van der Waals surface area (Å²) >= 11 is 0. The van der Waals surface area contributed by atoms with Gasteiger partial charge in [-0.3, -0.25) is 0 Å². The van der Waals surface area contributed by atoms with Crippen molar-refractivity contribution in [3.63, 3.8) is 0 Å². The van der Waals surface area contributed by atoms with Crippen molar-refractivity contribution < 1.29 is 9.31 Å². The normalized spacial score (nSPS) is 11.9. The van der Waals surface area contributed by atoms with Crippen molar-refractivity contribution in [1.29, 1.82) is 0 Å². The zero-order chi connectivity index (χ0) is 10.3. The highest BCUT2D eigenvalue weighted by Gasteiger charge is 2.19. The van der Waals surface area contributed by atoms with Crippen molar-refractivity contribution in [3.8, 4) is 0 Å². The van der Waals surface area contributed by atoms with E-state index in [0.717, 1.165) is 6.32 Å². The zero-order valence-corrected chi connectivity index (χ0v) is 9.41. The summed E-state index contributed by atoms with van der Waals surface area (Å²) < 4.78 is 11.2. The van der Waals surface area contributed by atoms with E-state index in [1.807, 2.05) is 40.7 Å². The lowest BCUT2D eigenvalue weighted by Gasteiger charge is -2.18. The van der Waals surface area contributed by atoms with Crippen LogP contribution in [-0.2, 0) is 9.31 Å². The number of allylic oxidation sites excluding steroid dienone is 2. The van der Waals surface area contributed by atoms with Gasteiger partial charge in [-0.15, -0.1) is 0 Å². The molecule has 0 amide bonds. The van der Waals surface area contributed by atoms with Crippen molar-refractivity contribution in [2.75, 3.05) is 0 Å². The molecule has 0 unspecified atom stereocenters. The van der Waals surface area contributed by atoms with Crippen molar-refractivity contribution in [3.05, 3.63) is 12.2 Å². The van der Waals surface area contributed by atoms with Crippen LogP contribution in [0.2, 0.25) is 6.32 Å². The van der Waals surface area contributed by atoms with Gasteiger partial charge >= 0.3 is 7.12 Å². The number of hydrogen-bond donors (Lipinski definition) is 0. The Labute approximate surface area is 82.5 Å². The van der Waals surface area contributed by atoms with Gasteiger partial charge in [0.1, 0.15) is 0 Å². The minimum Gasteiger partial charge on any atom is -0.409 e. The summed E-state index contributed by atoms with van der Waals surface area (Å²) in [6.07, 6.45) is 5.34. The predicted molar refractivity (Wildman–Crippen MR) is 57.8 cm³/mol. The Morgan fingerprint density at radius 3 is 1.85 bits per heavy atom.